The van der Waals surface area contributed by atoms with Crippen LogP contribution in [0.1, 0.15) is 27.2 Å². The van der Waals surface area contributed by atoms with Crippen LogP contribution < -0.4 is 19.5 Å². The van der Waals surface area contributed by atoms with Crippen LogP contribution in [0.4, 0.5) is 5.82 Å². The number of allylic oxidation sites excluding steroid dienone is 1. The minimum atomic E-state index is 0.562. The molecule has 0 unspecified atom stereocenters. The van der Waals surface area contributed by atoms with Crippen molar-refractivity contribution >= 4 is 5.82 Å². The highest BCUT2D eigenvalue weighted by atomic mass is 16.5. The van der Waals surface area contributed by atoms with E-state index in [4.69, 9.17) is 14.2 Å². The van der Waals surface area contributed by atoms with Crippen LogP contribution in [0.5, 0.6) is 17.2 Å². The van der Waals surface area contributed by atoms with E-state index in [1.54, 1.807) is 27.7 Å². The van der Waals surface area contributed by atoms with E-state index in [0.717, 1.165) is 23.6 Å². The smallest absolute Gasteiger partial charge is 0.203 e. The van der Waals surface area contributed by atoms with Crippen molar-refractivity contribution in [3.8, 4) is 22.9 Å². The van der Waals surface area contributed by atoms with Crippen molar-refractivity contribution in [2.45, 2.75) is 27.2 Å². The molecule has 6 nitrogen and oxygen atoms in total. The molecule has 132 valence electrons. The molecule has 1 N–H and O–H groups in total. The highest BCUT2D eigenvalue weighted by Gasteiger charge is 2.14. The minimum absolute atomic E-state index is 0.562. The second-order valence-corrected chi connectivity index (χ2v) is 4.63. The lowest BCUT2D eigenvalue weighted by Gasteiger charge is -2.14. The molecule has 0 radical (unpaired) electrons. The summed E-state index contributed by atoms with van der Waals surface area (Å²) in [4.78, 5) is 4.31. The highest BCUT2D eigenvalue weighted by molar-refractivity contribution is 5.58. The maximum atomic E-state index is 5.36. The second-order valence-electron chi connectivity index (χ2n) is 4.63. The Balaban J connectivity index is 0.00000139. The van der Waals surface area contributed by atoms with Gasteiger partial charge >= 0.3 is 0 Å². The number of hydrogen-bond donors (Lipinski definition) is 1. The van der Waals surface area contributed by atoms with Crippen molar-refractivity contribution in [3.63, 3.8) is 0 Å². The summed E-state index contributed by atoms with van der Waals surface area (Å²) in [5, 5.41) is 3.15. The highest BCUT2D eigenvalue weighted by Crippen LogP contribution is 2.39. The Kier molecular flexibility index (Phi) is 7.68. The molecular formula is C18H27N3O3. The van der Waals surface area contributed by atoms with E-state index in [0.29, 0.717) is 17.2 Å². The van der Waals surface area contributed by atoms with Crippen LogP contribution in [0.15, 0.2) is 36.9 Å². The molecule has 2 rings (SSSR count). The first-order chi connectivity index (χ1) is 11.6. The van der Waals surface area contributed by atoms with Gasteiger partial charge in [-0.1, -0.05) is 27.4 Å². The number of anilines is 1. The molecule has 0 amide bonds. The molecule has 0 spiro atoms. The normalized spacial score (nSPS) is 9.58. The molecule has 0 aliphatic heterocycles. The molecule has 0 fully saturated rings. The standard InChI is InChI=1S/C16H21N3O3.C2H6/c1-6-11(2)18-15-9-19(10-17-15)12-7-13(20-3)16(22-5)14(8-12)21-4;1-2/h7-10,18H,2,6H2,1,3-5H3;1-2H3. The van der Waals surface area contributed by atoms with E-state index < -0.39 is 0 Å². The van der Waals surface area contributed by atoms with Crippen LogP contribution in [0.2, 0.25) is 0 Å². The zero-order valence-corrected chi connectivity index (χ0v) is 15.3. The summed E-state index contributed by atoms with van der Waals surface area (Å²) in [5.41, 5.74) is 1.77. The zero-order chi connectivity index (χ0) is 18.1. The lowest BCUT2D eigenvalue weighted by Crippen LogP contribution is -1.99. The number of methoxy groups -OCH3 is 3. The molecule has 0 saturated carbocycles. The Hall–Kier alpha value is -2.63. The Morgan fingerprint density at radius 3 is 2.17 bits per heavy atom. The van der Waals surface area contributed by atoms with Gasteiger partial charge in [-0.2, -0.15) is 0 Å². The SMILES string of the molecule is C=C(CC)Nc1cn(-c2cc(OC)c(OC)c(OC)c2)cn1.CC. The van der Waals surface area contributed by atoms with Crippen LogP contribution in [-0.4, -0.2) is 30.9 Å². The Labute approximate surface area is 144 Å². The van der Waals surface area contributed by atoms with Crippen LogP contribution in [0.3, 0.4) is 0 Å². The summed E-state index contributed by atoms with van der Waals surface area (Å²) in [6.07, 6.45) is 4.44. The fraction of sp³-hybridized carbons (Fsp3) is 0.389. The Morgan fingerprint density at radius 2 is 1.71 bits per heavy atom. The van der Waals surface area contributed by atoms with Crippen molar-refractivity contribution in [1.82, 2.24) is 9.55 Å². The van der Waals surface area contributed by atoms with E-state index in [2.05, 4.69) is 16.9 Å². The molecular weight excluding hydrogens is 306 g/mol. The van der Waals surface area contributed by atoms with Gasteiger partial charge in [0.05, 0.1) is 33.2 Å². The number of benzene rings is 1. The van der Waals surface area contributed by atoms with Crippen molar-refractivity contribution in [2.24, 2.45) is 0 Å². The maximum absolute atomic E-state index is 5.36. The average molecular weight is 333 g/mol. The molecule has 1 aromatic carbocycles. The van der Waals surface area contributed by atoms with Crippen LogP contribution in [-0.2, 0) is 0 Å². The number of nitrogens with zero attached hydrogens (tertiary/aromatic N) is 2. The molecule has 1 heterocycles. The number of nitrogens with one attached hydrogen (secondary N) is 1. The summed E-state index contributed by atoms with van der Waals surface area (Å²) < 4.78 is 17.9. The van der Waals surface area contributed by atoms with Crippen molar-refractivity contribution < 1.29 is 14.2 Å². The Bertz CT molecular complexity index is 640. The predicted octanol–water partition coefficient (Wildman–Crippen LogP) is 4.26. The molecule has 6 heteroatoms. The first kappa shape index (κ1) is 19.4. The van der Waals surface area contributed by atoms with Gasteiger partial charge < -0.3 is 24.1 Å². The topological polar surface area (TPSA) is 57.5 Å². The van der Waals surface area contributed by atoms with Crippen molar-refractivity contribution in [3.05, 3.63) is 36.9 Å². The lowest BCUT2D eigenvalue weighted by atomic mass is 10.2. The molecule has 0 saturated heterocycles. The number of ether oxygens (including phenoxy) is 3. The van der Waals surface area contributed by atoms with Gasteiger partial charge in [-0.15, -0.1) is 0 Å². The number of imidazole rings is 1. The third-order valence-electron chi connectivity index (χ3n) is 3.26. The van der Waals surface area contributed by atoms with Gasteiger partial charge in [0.25, 0.3) is 0 Å². The molecule has 0 aliphatic carbocycles. The summed E-state index contributed by atoms with van der Waals surface area (Å²) in [5.74, 6) is 2.49. The van der Waals surface area contributed by atoms with E-state index >= 15 is 0 Å². The zero-order valence-electron chi connectivity index (χ0n) is 15.3. The fourth-order valence-electron chi connectivity index (χ4n) is 2.01. The summed E-state index contributed by atoms with van der Waals surface area (Å²) in [6.45, 7) is 9.94. The van der Waals surface area contributed by atoms with Crippen LogP contribution in [0, 0.1) is 0 Å². The number of aromatic nitrogens is 2. The predicted molar refractivity (Wildman–Crippen MR) is 97.6 cm³/mol. The van der Waals surface area contributed by atoms with Gasteiger partial charge in [-0.05, 0) is 6.42 Å². The Morgan fingerprint density at radius 1 is 1.12 bits per heavy atom. The largest absolute Gasteiger partial charge is 0.493 e. The lowest BCUT2D eigenvalue weighted by molar-refractivity contribution is 0.324. The van der Waals surface area contributed by atoms with E-state index in [9.17, 15) is 0 Å². The monoisotopic (exact) mass is 333 g/mol. The van der Waals surface area contributed by atoms with Crippen LogP contribution in [0.25, 0.3) is 5.69 Å². The quantitative estimate of drug-likeness (QED) is 0.820. The second kappa shape index (κ2) is 9.50. The summed E-state index contributed by atoms with van der Waals surface area (Å²) in [7, 11) is 4.76. The third kappa shape index (κ3) is 4.44. The van der Waals surface area contributed by atoms with E-state index in [1.807, 2.05) is 43.7 Å². The van der Waals surface area contributed by atoms with E-state index in [-0.39, 0.29) is 0 Å². The van der Waals surface area contributed by atoms with Gasteiger partial charge in [-0.3, -0.25) is 0 Å². The molecule has 0 aliphatic rings. The fourth-order valence-corrected chi connectivity index (χ4v) is 2.01. The van der Waals surface area contributed by atoms with Crippen molar-refractivity contribution in [2.75, 3.05) is 26.6 Å². The van der Waals surface area contributed by atoms with Gasteiger partial charge in [0.15, 0.2) is 11.5 Å². The number of rotatable bonds is 7. The summed E-state index contributed by atoms with van der Waals surface area (Å²) >= 11 is 0. The molecule has 24 heavy (non-hydrogen) atoms. The first-order valence-electron chi connectivity index (χ1n) is 7.92. The van der Waals surface area contributed by atoms with Gasteiger partial charge in [0, 0.05) is 17.8 Å². The molecule has 0 atom stereocenters. The molecule has 0 bridgehead atoms. The maximum Gasteiger partial charge on any atom is 0.203 e. The molecule has 2 aromatic rings. The van der Waals surface area contributed by atoms with Gasteiger partial charge in [-0.25, -0.2) is 4.98 Å². The average Bonchev–Trinajstić information content (AvgIpc) is 3.10. The summed E-state index contributed by atoms with van der Waals surface area (Å²) in [6, 6.07) is 3.73. The van der Waals surface area contributed by atoms with Crippen LogP contribution >= 0.6 is 0 Å². The van der Waals surface area contributed by atoms with Crippen molar-refractivity contribution in [1.29, 1.82) is 0 Å². The third-order valence-corrected chi connectivity index (χ3v) is 3.26. The minimum Gasteiger partial charge on any atom is -0.493 e. The van der Waals surface area contributed by atoms with Gasteiger partial charge in [0.1, 0.15) is 12.1 Å². The van der Waals surface area contributed by atoms with Gasteiger partial charge in [0.2, 0.25) is 5.75 Å². The first-order valence-corrected chi connectivity index (χ1v) is 7.92. The molecule has 1 aromatic heterocycles. The van der Waals surface area contributed by atoms with E-state index in [1.165, 1.54) is 0 Å². The number of hydrogen-bond acceptors (Lipinski definition) is 5.